The van der Waals surface area contributed by atoms with Crippen LogP contribution < -0.4 is 4.90 Å². The predicted molar refractivity (Wildman–Crippen MR) is 73.4 cm³/mol. The molecule has 0 radical (unpaired) electrons. The van der Waals surface area contributed by atoms with Crippen molar-refractivity contribution < 1.29 is 18.7 Å². The maximum atomic E-state index is 13.3. The second kappa shape index (κ2) is 4.05. The van der Waals surface area contributed by atoms with Crippen LogP contribution in [0.4, 0.5) is 10.1 Å². The van der Waals surface area contributed by atoms with Crippen LogP contribution in [0.3, 0.4) is 0 Å². The van der Waals surface area contributed by atoms with Gasteiger partial charge >= 0.3 is 0 Å². The van der Waals surface area contributed by atoms with E-state index < -0.39 is 23.3 Å². The van der Waals surface area contributed by atoms with Gasteiger partial charge in [0.25, 0.3) is 0 Å². The van der Waals surface area contributed by atoms with Gasteiger partial charge in [0.05, 0.1) is 34.3 Å². The fourth-order valence-electron chi connectivity index (χ4n) is 3.96. The maximum absolute atomic E-state index is 13.3. The van der Waals surface area contributed by atoms with Crippen LogP contribution in [0.1, 0.15) is 19.8 Å². The quantitative estimate of drug-likeness (QED) is 0.749. The van der Waals surface area contributed by atoms with Crippen LogP contribution in [0.5, 0.6) is 0 Å². The molecular weight excluding hydrogens is 297 g/mol. The summed E-state index contributed by atoms with van der Waals surface area (Å²) in [5.74, 6) is -1.96. The average Bonchev–Trinajstić information content (AvgIpc) is 3.03. The summed E-state index contributed by atoms with van der Waals surface area (Å²) in [6.45, 7) is 1.89. The van der Waals surface area contributed by atoms with Crippen LogP contribution in [-0.4, -0.2) is 23.5 Å². The highest BCUT2D eigenvalue weighted by Gasteiger charge is 2.67. The summed E-state index contributed by atoms with van der Waals surface area (Å²) in [7, 11) is 0. The number of carbonyl (C=O) groups is 2. The number of amides is 2. The molecule has 21 heavy (non-hydrogen) atoms. The molecule has 2 amide bonds. The molecule has 0 aliphatic carbocycles. The average molecular weight is 310 g/mol. The highest BCUT2D eigenvalue weighted by atomic mass is 35.5. The molecule has 1 aromatic rings. The van der Waals surface area contributed by atoms with Gasteiger partial charge in [0.2, 0.25) is 11.8 Å². The molecular formula is C15H13ClFNO3. The van der Waals surface area contributed by atoms with Gasteiger partial charge in [-0.3, -0.25) is 9.59 Å². The van der Waals surface area contributed by atoms with Gasteiger partial charge in [-0.05, 0) is 38.0 Å². The third-order valence-electron chi connectivity index (χ3n) is 4.92. The molecule has 2 bridgehead atoms. The van der Waals surface area contributed by atoms with E-state index in [9.17, 15) is 14.0 Å². The molecule has 6 heteroatoms. The summed E-state index contributed by atoms with van der Waals surface area (Å²) in [5, 5.41) is -0.101. The highest BCUT2D eigenvalue weighted by Crippen LogP contribution is 2.55. The molecule has 1 aromatic carbocycles. The van der Waals surface area contributed by atoms with Crippen molar-refractivity contribution >= 4 is 29.1 Å². The van der Waals surface area contributed by atoms with Crippen molar-refractivity contribution in [3.63, 3.8) is 0 Å². The normalized spacial score (nSPS) is 37.5. The van der Waals surface area contributed by atoms with Crippen LogP contribution in [0.2, 0.25) is 5.02 Å². The zero-order chi connectivity index (χ0) is 14.9. The molecule has 3 unspecified atom stereocenters. The first-order valence-corrected chi connectivity index (χ1v) is 7.31. The van der Waals surface area contributed by atoms with Crippen molar-refractivity contribution in [2.45, 2.75) is 31.5 Å². The number of hydrogen-bond acceptors (Lipinski definition) is 3. The van der Waals surface area contributed by atoms with Crippen molar-refractivity contribution in [3.8, 4) is 0 Å². The van der Waals surface area contributed by atoms with E-state index in [2.05, 4.69) is 0 Å². The van der Waals surface area contributed by atoms with Gasteiger partial charge in [-0.25, -0.2) is 9.29 Å². The van der Waals surface area contributed by atoms with E-state index in [-0.39, 0.29) is 22.9 Å². The summed E-state index contributed by atoms with van der Waals surface area (Å²) in [6.07, 6.45) is 1.40. The van der Waals surface area contributed by atoms with Crippen LogP contribution in [0.15, 0.2) is 18.2 Å². The molecule has 3 aliphatic rings. The lowest BCUT2D eigenvalue weighted by Crippen LogP contribution is -2.39. The van der Waals surface area contributed by atoms with Gasteiger partial charge in [-0.15, -0.1) is 0 Å². The number of benzene rings is 1. The summed E-state index contributed by atoms with van der Waals surface area (Å²) < 4.78 is 19.1. The summed E-state index contributed by atoms with van der Waals surface area (Å²) in [6, 6.07) is 3.89. The Morgan fingerprint density at radius 2 is 2.14 bits per heavy atom. The number of rotatable bonds is 1. The van der Waals surface area contributed by atoms with E-state index >= 15 is 0 Å². The highest BCUT2D eigenvalue weighted by molar-refractivity contribution is 6.31. The van der Waals surface area contributed by atoms with Gasteiger partial charge < -0.3 is 4.74 Å². The molecule has 0 N–H and O–H groups in total. The van der Waals surface area contributed by atoms with Crippen molar-refractivity contribution in [3.05, 3.63) is 29.0 Å². The number of carbonyl (C=O) groups excluding carboxylic acids is 2. The van der Waals surface area contributed by atoms with Crippen molar-refractivity contribution in [2.24, 2.45) is 11.8 Å². The third-order valence-corrected chi connectivity index (χ3v) is 5.21. The first-order valence-electron chi connectivity index (χ1n) is 6.93. The minimum absolute atomic E-state index is 0.101. The Hall–Kier alpha value is -1.46. The van der Waals surface area contributed by atoms with E-state index in [1.807, 2.05) is 6.92 Å². The molecule has 3 aliphatic heterocycles. The van der Waals surface area contributed by atoms with E-state index in [0.29, 0.717) is 5.69 Å². The Kier molecular flexibility index (Phi) is 2.55. The molecule has 0 spiro atoms. The maximum Gasteiger partial charge on any atom is 0.240 e. The van der Waals surface area contributed by atoms with Gasteiger partial charge in [-0.1, -0.05) is 11.6 Å². The molecule has 4 rings (SSSR count). The number of hydrogen-bond donors (Lipinski definition) is 0. The third kappa shape index (κ3) is 1.59. The first kappa shape index (κ1) is 13.2. The minimum Gasteiger partial charge on any atom is -0.370 e. The van der Waals surface area contributed by atoms with E-state index in [1.54, 1.807) is 0 Å². The van der Waals surface area contributed by atoms with E-state index in [4.69, 9.17) is 16.3 Å². The zero-order valence-electron chi connectivity index (χ0n) is 11.3. The topological polar surface area (TPSA) is 46.6 Å². The van der Waals surface area contributed by atoms with Crippen molar-refractivity contribution in [2.75, 3.05) is 4.90 Å². The Bertz CT molecular complexity index is 679. The number of halogens is 2. The lowest BCUT2D eigenvalue weighted by molar-refractivity contribution is -0.126. The van der Waals surface area contributed by atoms with Crippen LogP contribution in [0, 0.1) is 17.7 Å². The summed E-state index contributed by atoms with van der Waals surface area (Å²) in [5.41, 5.74) is -0.227. The zero-order valence-corrected chi connectivity index (χ0v) is 12.1. The second-order valence-electron chi connectivity index (χ2n) is 6.12. The standard InChI is InChI=1S/C15H13ClFNO3/c1-15-5-4-10(21-15)11-12(15)14(20)18(13(11)19)7-2-3-9(17)8(16)6-7/h2-3,6,10-12H,4-5H2,1H3/t10?,11-,12?,15?/m1/s1. The Balaban J connectivity index is 1.77. The largest absolute Gasteiger partial charge is 0.370 e. The number of ether oxygens (including phenoxy) is 1. The SMILES string of the molecule is CC12CCC(O1)[C@H]1C(=O)N(c3ccc(F)c(Cl)c3)C(=O)C12. The Labute approximate surface area is 125 Å². The van der Waals surface area contributed by atoms with Crippen LogP contribution in [-0.2, 0) is 14.3 Å². The Morgan fingerprint density at radius 3 is 2.81 bits per heavy atom. The van der Waals surface area contributed by atoms with E-state index in [1.165, 1.54) is 18.2 Å². The van der Waals surface area contributed by atoms with Gasteiger partial charge in [0, 0.05) is 0 Å². The monoisotopic (exact) mass is 309 g/mol. The molecule has 3 saturated heterocycles. The number of imide groups is 1. The first-order chi connectivity index (χ1) is 9.92. The smallest absolute Gasteiger partial charge is 0.240 e. The number of fused-ring (bicyclic) bond motifs is 5. The molecule has 4 nitrogen and oxygen atoms in total. The lowest BCUT2D eigenvalue weighted by atomic mass is 9.74. The summed E-state index contributed by atoms with van der Waals surface area (Å²) in [4.78, 5) is 26.4. The van der Waals surface area contributed by atoms with Crippen LogP contribution >= 0.6 is 11.6 Å². The molecule has 4 atom stereocenters. The number of nitrogens with zero attached hydrogens (tertiary/aromatic N) is 1. The van der Waals surface area contributed by atoms with Crippen LogP contribution in [0.25, 0.3) is 0 Å². The molecule has 0 saturated carbocycles. The van der Waals surface area contributed by atoms with Crippen molar-refractivity contribution in [1.82, 2.24) is 0 Å². The molecule has 0 aromatic heterocycles. The van der Waals surface area contributed by atoms with E-state index in [0.717, 1.165) is 17.7 Å². The molecule has 110 valence electrons. The lowest BCUT2D eigenvalue weighted by Gasteiger charge is -2.26. The van der Waals surface area contributed by atoms with Gasteiger partial charge in [-0.2, -0.15) is 0 Å². The number of anilines is 1. The fraction of sp³-hybridized carbons (Fsp3) is 0.467. The molecule has 3 heterocycles. The van der Waals surface area contributed by atoms with Crippen molar-refractivity contribution in [1.29, 1.82) is 0 Å². The summed E-state index contributed by atoms with van der Waals surface area (Å²) >= 11 is 5.76. The fourth-order valence-corrected chi connectivity index (χ4v) is 4.14. The predicted octanol–water partition coefficient (Wildman–Crippen LogP) is 2.54. The minimum atomic E-state index is -0.574. The molecule has 3 fully saturated rings. The second-order valence-corrected chi connectivity index (χ2v) is 6.53. The van der Waals surface area contributed by atoms with Gasteiger partial charge in [0.1, 0.15) is 5.82 Å². The Morgan fingerprint density at radius 1 is 1.38 bits per heavy atom. The van der Waals surface area contributed by atoms with Gasteiger partial charge in [0.15, 0.2) is 0 Å².